The highest BCUT2D eigenvalue weighted by atomic mass is 16.5. The van der Waals surface area contributed by atoms with E-state index in [9.17, 15) is 9.90 Å². The van der Waals surface area contributed by atoms with E-state index in [1.165, 1.54) is 0 Å². The second kappa shape index (κ2) is 8.68. The Morgan fingerprint density at radius 1 is 1.46 bits per heavy atom. The number of nitrogens with zero attached hydrogens (tertiary/aromatic N) is 3. The number of aromatic nitrogens is 2. The first-order valence-corrected chi connectivity index (χ1v) is 8.60. The van der Waals surface area contributed by atoms with Crippen molar-refractivity contribution in [2.24, 2.45) is 0 Å². The van der Waals surface area contributed by atoms with Gasteiger partial charge >= 0.3 is 5.97 Å². The molecule has 1 unspecified atom stereocenters. The zero-order valence-electron chi connectivity index (χ0n) is 14.8. The third-order valence-electron chi connectivity index (χ3n) is 4.39. The summed E-state index contributed by atoms with van der Waals surface area (Å²) in [5.74, 6) is 0.565. The van der Waals surface area contributed by atoms with Gasteiger partial charge in [-0.1, -0.05) is 12.1 Å². The van der Waals surface area contributed by atoms with Crippen LogP contribution in [0, 0.1) is 0 Å². The molecule has 8 nitrogen and oxygen atoms in total. The molecule has 1 aliphatic rings. The third kappa shape index (κ3) is 4.53. The highest BCUT2D eigenvalue weighted by Gasteiger charge is 2.25. The molecule has 140 valence electrons. The average Bonchev–Trinajstić information content (AvgIpc) is 3.16. The fourth-order valence-electron chi connectivity index (χ4n) is 3.04. The van der Waals surface area contributed by atoms with E-state index in [0.717, 1.165) is 12.1 Å². The number of hydrogen-bond donors (Lipinski definition) is 2. The Hall–Kier alpha value is -2.58. The molecule has 1 aromatic heterocycles. The smallest absolute Gasteiger partial charge is 0.322 e. The number of piperazine rings is 1. The standard InChI is InChI=1S/C18H24N4O4/c1-25-16-4-2-3-14(11-22-8-6-20-15(12-22)18(23)24)17(16)26-10-9-21-7-5-19-13-21/h2-5,7,13,15,20H,6,8-12H2,1H3,(H,23,24). The number of carboxylic acids is 1. The Balaban J connectivity index is 1.68. The lowest BCUT2D eigenvalue weighted by Gasteiger charge is -2.32. The molecule has 0 aliphatic carbocycles. The van der Waals surface area contributed by atoms with Crippen molar-refractivity contribution in [2.75, 3.05) is 33.4 Å². The molecule has 1 saturated heterocycles. The predicted octanol–water partition coefficient (Wildman–Crippen LogP) is 0.829. The van der Waals surface area contributed by atoms with Crippen LogP contribution in [-0.4, -0.2) is 64.9 Å². The molecule has 0 radical (unpaired) electrons. The van der Waals surface area contributed by atoms with E-state index in [1.54, 1.807) is 19.6 Å². The Kier molecular flexibility index (Phi) is 6.08. The van der Waals surface area contributed by atoms with Gasteiger partial charge in [0, 0.05) is 44.1 Å². The molecule has 2 aromatic rings. The van der Waals surface area contributed by atoms with Crippen LogP contribution in [0.4, 0.5) is 0 Å². The first-order chi connectivity index (χ1) is 12.7. The van der Waals surface area contributed by atoms with Gasteiger partial charge in [0.15, 0.2) is 11.5 Å². The Morgan fingerprint density at radius 3 is 3.08 bits per heavy atom. The van der Waals surface area contributed by atoms with Crippen molar-refractivity contribution in [1.82, 2.24) is 19.8 Å². The molecular formula is C18H24N4O4. The summed E-state index contributed by atoms with van der Waals surface area (Å²) >= 11 is 0. The number of imidazole rings is 1. The molecule has 3 rings (SSSR count). The Labute approximate surface area is 152 Å². The second-order valence-corrected chi connectivity index (χ2v) is 6.18. The van der Waals surface area contributed by atoms with E-state index in [2.05, 4.69) is 15.2 Å². The summed E-state index contributed by atoms with van der Waals surface area (Å²) in [5, 5.41) is 12.2. The summed E-state index contributed by atoms with van der Waals surface area (Å²) < 4.78 is 13.4. The fraction of sp³-hybridized carbons (Fsp3) is 0.444. The SMILES string of the molecule is COc1cccc(CN2CCNC(C(=O)O)C2)c1OCCn1ccnc1. The van der Waals surface area contributed by atoms with E-state index >= 15 is 0 Å². The summed E-state index contributed by atoms with van der Waals surface area (Å²) in [7, 11) is 1.62. The van der Waals surface area contributed by atoms with E-state index < -0.39 is 12.0 Å². The lowest BCUT2D eigenvalue weighted by Crippen LogP contribution is -2.53. The van der Waals surface area contributed by atoms with Gasteiger partial charge in [-0.05, 0) is 6.07 Å². The maximum absolute atomic E-state index is 11.2. The van der Waals surface area contributed by atoms with Crippen LogP contribution in [0.1, 0.15) is 5.56 Å². The van der Waals surface area contributed by atoms with Gasteiger partial charge in [0.05, 0.1) is 20.0 Å². The molecule has 1 atom stereocenters. The fourth-order valence-corrected chi connectivity index (χ4v) is 3.04. The first-order valence-electron chi connectivity index (χ1n) is 8.60. The van der Waals surface area contributed by atoms with Crippen LogP contribution in [-0.2, 0) is 17.9 Å². The summed E-state index contributed by atoms with van der Waals surface area (Å²) in [6.07, 6.45) is 5.37. The minimum atomic E-state index is -0.822. The molecule has 0 bridgehead atoms. The second-order valence-electron chi connectivity index (χ2n) is 6.18. The third-order valence-corrected chi connectivity index (χ3v) is 4.39. The Bertz CT molecular complexity index is 720. The molecule has 0 amide bonds. The first kappa shape index (κ1) is 18.2. The number of carbonyl (C=O) groups is 1. The van der Waals surface area contributed by atoms with Crippen molar-refractivity contribution in [3.8, 4) is 11.5 Å². The van der Waals surface area contributed by atoms with Gasteiger partial charge in [-0.25, -0.2) is 4.98 Å². The molecule has 26 heavy (non-hydrogen) atoms. The number of carboxylic acid groups (broad SMARTS) is 1. The van der Waals surface area contributed by atoms with Crippen LogP contribution in [0.25, 0.3) is 0 Å². The number of methoxy groups -OCH3 is 1. The minimum Gasteiger partial charge on any atom is -0.493 e. The number of ether oxygens (including phenoxy) is 2. The number of para-hydroxylation sites is 1. The quantitative estimate of drug-likeness (QED) is 0.721. The van der Waals surface area contributed by atoms with Crippen LogP contribution in [0.5, 0.6) is 11.5 Å². The minimum absolute atomic E-state index is 0.459. The topological polar surface area (TPSA) is 88.9 Å². The molecule has 2 heterocycles. The molecule has 1 aromatic carbocycles. The van der Waals surface area contributed by atoms with Gasteiger partial charge in [0.25, 0.3) is 0 Å². The lowest BCUT2D eigenvalue weighted by atomic mass is 10.1. The number of nitrogens with one attached hydrogen (secondary N) is 1. The van der Waals surface area contributed by atoms with Crippen LogP contribution in [0.15, 0.2) is 36.9 Å². The van der Waals surface area contributed by atoms with Crippen LogP contribution in [0.3, 0.4) is 0 Å². The zero-order chi connectivity index (χ0) is 18.4. The molecule has 0 saturated carbocycles. The molecule has 2 N–H and O–H groups in total. The van der Waals surface area contributed by atoms with Crippen LogP contribution < -0.4 is 14.8 Å². The van der Waals surface area contributed by atoms with Gasteiger partial charge in [0.2, 0.25) is 0 Å². The van der Waals surface area contributed by atoms with Crippen LogP contribution >= 0.6 is 0 Å². The highest BCUT2D eigenvalue weighted by Crippen LogP contribution is 2.32. The number of hydrogen-bond acceptors (Lipinski definition) is 6. The normalized spacial score (nSPS) is 17.8. The lowest BCUT2D eigenvalue weighted by molar-refractivity contribution is -0.140. The van der Waals surface area contributed by atoms with Crippen molar-refractivity contribution < 1.29 is 19.4 Å². The summed E-state index contributed by atoms with van der Waals surface area (Å²) in [6.45, 7) is 3.69. The number of aliphatic carboxylic acids is 1. The van der Waals surface area contributed by atoms with E-state index in [-0.39, 0.29) is 0 Å². The van der Waals surface area contributed by atoms with E-state index in [4.69, 9.17) is 9.47 Å². The Morgan fingerprint density at radius 2 is 2.35 bits per heavy atom. The summed E-state index contributed by atoms with van der Waals surface area (Å²) in [6, 6.07) is 5.24. The van der Waals surface area contributed by atoms with Crippen molar-refractivity contribution >= 4 is 5.97 Å². The average molecular weight is 360 g/mol. The van der Waals surface area contributed by atoms with Gasteiger partial charge in [-0.15, -0.1) is 0 Å². The zero-order valence-corrected chi connectivity index (χ0v) is 14.8. The molecule has 0 spiro atoms. The van der Waals surface area contributed by atoms with Gasteiger partial charge in [-0.2, -0.15) is 0 Å². The number of rotatable bonds is 8. The molecule has 1 aliphatic heterocycles. The molecule has 8 heteroatoms. The van der Waals surface area contributed by atoms with Crippen molar-refractivity contribution in [1.29, 1.82) is 0 Å². The highest BCUT2D eigenvalue weighted by molar-refractivity contribution is 5.73. The largest absolute Gasteiger partial charge is 0.493 e. The molecular weight excluding hydrogens is 336 g/mol. The molecule has 1 fully saturated rings. The number of benzene rings is 1. The summed E-state index contributed by atoms with van der Waals surface area (Å²) in [4.78, 5) is 17.4. The van der Waals surface area contributed by atoms with Crippen LogP contribution in [0.2, 0.25) is 0 Å². The van der Waals surface area contributed by atoms with Gasteiger partial charge in [0.1, 0.15) is 12.6 Å². The predicted molar refractivity (Wildman–Crippen MR) is 95.4 cm³/mol. The van der Waals surface area contributed by atoms with Gasteiger partial charge in [-0.3, -0.25) is 9.69 Å². The van der Waals surface area contributed by atoms with Crippen molar-refractivity contribution in [3.05, 3.63) is 42.5 Å². The maximum Gasteiger partial charge on any atom is 0.322 e. The van der Waals surface area contributed by atoms with E-state index in [1.807, 2.05) is 29.0 Å². The van der Waals surface area contributed by atoms with E-state index in [0.29, 0.717) is 44.3 Å². The van der Waals surface area contributed by atoms with Gasteiger partial charge < -0.3 is 24.5 Å². The van der Waals surface area contributed by atoms with Crippen molar-refractivity contribution in [3.63, 3.8) is 0 Å². The van der Waals surface area contributed by atoms with Crippen molar-refractivity contribution in [2.45, 2.75) is 19.1 Å². The summed E-state index contributed by atoms with van der Waals surface area (Å²) in [5.41, 5.74) is 0.987. The monoisotopic (exact) mass is 360 g/mol. The maximum atomic E-state index is 11.2.